The van der Waals surface area contributed by atoms with E-state index in [0.717, 1.165) is 13.2 Å². The van der Waals surface area contributed by atoms with Gasteiger partial charge in [0.25, 0.3) is 11.4 Å². The third-order valence-electron chi connectivity index (χ3n) is 2.83. The molecule has 0 radical (unpaired) electrons. The summed E-state index contributed by atoms with van der Waals surface area (Å²) in [6.07, 6.45) is 0. The Morgan fingerprint density at radius 1 is 1.41 bits per heavy atom. The fourth-order valence-electron chi connectivity index (χ4n) is 1.84. The number of ether oxygens (including phenoxy) is 1. The van der Waals surface area contributed by atoms with E-state index in [1.54, 1.807) is 0 Å². The average molecular weight is 325 g/mol. The van der Waals surface area contributed by atoms with E-state index in [9.17, 15) is 19.7 Å². The second kappa shape index (κ2) is 5.94. The lowest BCUT2D eigenvalue weighted by molar-refractivity contribution is -0.384. The number of hydrogen-bond acceptors (Lipinski definition) is 7. The van der Waals surface area contributed by atoms with Crippen molar-refractivity contribution in [2.75, 3.05) is 7.11 Å². The molecular formula is C13H9ClN2O6. The van der Waals surface area contributed by atoms with Crippen molar-refractivity contribution in [2.45, 2.75) is 6.92 Å². The molecule has 0 amide bonds. The summed E-state index contributed by atoms with van der Waals surface area (Å²) in [4.78, 5) is 33.6. The van der Waals surface area contributed by atoms with Crippen molar-refractivity contribution in [3.8, 4) is 11.3 Å². The van der Waals surface area contributed by atoms with E-state index in [4.69, 9.17) is 16.1 Å². The minimum Gasteiger partial charge on any atom is -0.463 e. The van der Waals surface area contributed by atoms with Crippen molar-refractivity contribution in [2.24, 2.45) is 0 Å². The topological polar surface area (TPSA) is 113 Å². The molecule has 2 rings (SSSR count). The maximum Gasteiger partial charge on any atom is 0.377 e. The SMILES string of the molecule is COC(=O)c1onc(-c2cc([N+](=O)[O-])ccc2Cl)c1C(C)=O. The van der Waals surface area contributed by atoms with Gasteiger partial charge in [0.2, 0.25) is 0 Å². The minimum absolute atomic E-state index is 0.0541. The number of hydrogen-bond donors (Lipinski definition) is 0. The number of ketones is 1. The fraction of sp³-hybridized carbons (Fsp3) is 0.154. The number of nitro groups is 1. The predicted molar refractivity (Wildman–Crippen MR) is 74.9 cm³/mol. The van der Waals surface area contributed by atoms with Crippen molar-refractivity contribution < 1.29 is 23.8 Å². The lowest BCUT2D eigenvalue weighted by Crippen LogP contribution is -2.06. The lowest BCUT2D eigenvalue weighted by atomic mass is 10.0. The molecule has 1 aromatic heterocycles. The van der Waals surface area contributed by atoms with Gasteiger partial charge in [0, 0.05) is 17.7 Å². The largest absolute Gasteiger partial charge is 0.463 e. The van der Waals surface area contributed by atoms with Gasteiger partial charge in [-0.05, 0) is 13.0 Å². The Balaban J connectivity index is 2.70. The molecule has 2 aromatic rings. The monoisotopic (exact) mass is 324 g/mol. The number of Topliss-reactive ketones (excluding diaryl/α,β-unsaturated/α-hetero) is 1. The molecular weight excluding hydrogens is 316 g/mol. The highest BCUT2D eigenvalue weighted by atomic mass is 35.5. The standard InChI is InChI=1S/C13H9ClN2O6/c1-6(17)10-11(15-22-12(10)13(18)21-2)8-5-7(16(19)20)3-4-9(8)14/h3-5H,1-2H3. The normalized spacial score (nSPS) is 10.3. The molecule has 0 aliphatic heterocycles. The van der Waals surface area contributed by atoms with Crippen LogP contribution in [-0.2, 0) is 4.74 Å². The molecule has 0 saturated heterocycles. The van der Waals surface area contributed by atoms with Crippen LogP contribution in [0.3, 0.4) is 0 Å². The number of benzene rings is 1. The zero-order valence-corrected chi connectivity index (χ0v) is 12.2. The van der Waals surface area contributed by atoms with Crippen LogP contribution < -0.4 is 0 Å². The maximum absolute atomic E-state index is 11.8. The van der Waals surface area contributed by atoms with Crippen LogP contribution in [0, 0.1) is 10.1 Å². The summed E-state index contributed by atoms with van der Waals surface area (Å²) in [6, 6.07) is 3.65. The molecule has 22 heavy (non-hydrogen) atoms. The molecule has 1 aromatic carbocycles. The number of carbonyl (C=O) groups excluding carboxylic acids is 2. The van der Waals surface area contributed by atoms with E-state index >= 15 is 0 Å². The highest BCUT2D eigenvalue weighted by molar-refractivity contribution is 6.33. The second-order valence-electron chi connectivity index (χ2n) is 4.20. The molecule has 9 heteroatoms. The number of non-ortho nitro benzene ring substituents is 1. The van der Waals surface area contributed by atoms with E-state index in [0.29, 0.717) is 0 Å². The van der Waals surface area contributed by atoms with Crippen LogP contribution in [-0.4, -0.2) is 28.9 Å². The summed E-state index contributed by atoms with van der Waals surface area (Å²) in [7, 11) is 1.12. The number of nitrogens with zero attached hydrogens (tertiary/aromatic N) is 2. The van der Waals surface area contributed by atoms with Crippen LogP contribution in [0.1, 0.15) is 27.8 Å². The van der Waals surface area contributed by atoms with Crippen LogP contribution in [0.5, 0.6) is 0 Å². The van der Waals surface area contributed by atoms with Gasteiger partial charge in [-0.3, -0.25) is 14.9 Å². The number of rotatable bonds is 4. The molecule has 0 spiro atoms. The molecule has 0 unspecified atom stereocenters. The number of esters is 1. The summed E-state index contributed by atoms with van der Waals surface area (Å²) in [6.45, 7) is 1.20. The Hall–Kier alpha value is -2.74. The Morgan fingerprint density at radius 3 is 2.64 bits per heavy atom. The van der Waals surface area contributed by atoms with E-state index in [1.807, 2.05) is 0 Å². The quantitative estimate of drug-likeness (QED) is 0.367. The fourth-order valence-corrected chi connectivity index (χ4v) is 2.05. The predicted octanol–water partition coefficient (Wildman–Crippen LogP) is 2.89. The molecule has 0 fully saturated rings. The van der Waals surface area contributed by atoms with Gasteiger partial charge in [0.05, 0.1) is 17.1 Å². The van der Waals surface area contributed by atoms with Gasteiger partial charge in [-0.25, -0.2) is 4.79 Å². The molecule has 0 bridgehead atoms. The number of nitro benzene ring substituents is 1. The van der Waals surface area contributed by atoms with E-state index in [2.05, 4.69) is 9.89 Å². The maximum atomic E-state index is 11.8. The van der Waals surface area contributed by atoms with Gasteiger partial charge in [0.1, 0.15) is 11.3 Å². The van der Waals surface area contributed by atoms with E-state index < -0.39 is 16.7 Å². The average Bonchev–Trinajstić information content (AvgIpc) is 2.91. The molecule has 0 aliphatic carbocycles. The smallest absolute Gasteiger partial charge is 0.377 e. The first-order valence-electron chi connectivity index (χ1n) is 5.90. The minimum atomic E-state index is -0.884. The second-order valence-corrected chi connectivity index (χ2v) is 4.61. The van der Waals surface area contributed by atoms with Crippen molar-refractivity contribution >= 4 is 29.0 Å². The van der Waals surface area contributed by atoms with Gasteiger partial charge in [0.15, 0.2) is 5.78 Å². The molecule has 1 heterocycles. The van der Waals surface area contributed by atoms with E-state index in [1.165, 1.54) is 19.1 Å². The van der Waals surface area contributed by atoms with Crippen LogP contribution in [0.4, 0.5) is 5.69 Å². The summed E-state index contributed by atoms with van der Waals surface area (Å²) in [5, 5.41) is 14.6. The first-order valence-corrected chi connectivity index (χ1v) is 6.27. The van der Waals surface area contributed by atoms with Crippen LogP contribution in [0.2, 0.25) is 5.02 Å². The van der Waals surface area contributed by atoms with Gasteiger partial charge in [-0.2, -0.15) is 0 Å². The number of carbonyl (C=O) groups is 2. The zero-order chi connectivity index (χ0) is 16.4. The summed E-state index contributed by atoms with van der Waals surface area (Å²) in [5.74, 6) is -1.78. The summed E-state index contributed by atoms with van der Waals surface area (Å²) >= 11 is 6.00. The van der Waals surface area contributed by atoms with Crippen LogP contribution >= 0.6 is 11.6 Å². The molecule has 114 valence electrons. The third-order valence-corrected chi connectivity index (χ3v) is 3.16. The highest BCUT2D eigenvalue weighted by Crippen LogP contribution is 2.34. The van der Waals surface area contributed by atoms with Crippen LogP contribution in [0.15, 0.2) is 22.7 Å². The molecule has 0 saturated carbocycles. The molecule has 8 nitrogen and oxygen atoms in total. The van der Waals surface area contributed by atoms with Crippen LogP contribution in [0.25, 0.3) is 11.3 Å². The molecule has 0 aliphatic rings. The van der Waals surface area contributed by atoms with Crippen molar-refractivity contribution in [3.05, 3.63) is 44.7 Å². The first-order chi connectivity index (χ1) is 10.4. The Kier molecular flexibility index (Phi) is 4.22. The first kappa shape index (κ1) is 15.6. The lowest BCUT2D eigenvalue weighted by Gasteiger charge is -2.02. The Bertz CT molecular complexity index is 783. The summed E-state index contributed by atoms with van der Waals surface area (Å²) in [5.41, 5.74) is -0.327. The molecule has 0 atom stereocenters. The third kappa shape index (κ3) is 2.68. The number of aromatic nitrogens is 1. The van der Waals surface area contributed by atoms with Gasteiger partial charge in [-0.1, -0.05) is 16.8 Å². The Labute approximate surface area is 128 Å². The number of halogens is 1. The summed E-state index contributed by atoms with van der Waals surface area (Å²) < 4.78 is 9.35. The Morgan fingerprint density at radius 2 is 2.09 bits per heavy atom. The number of methoxy groups -OCH3 is 1. The highest BCUT2D eigenvalue weighted by Gasteiger charge is 2.28. The van der Waals surface area contributed by atoms with Crippen molar-refractivity contribution in [3.63, 3.8) is 0 Å². The van der Waals surface area contributed by atoms with Gasteiger partial charge < -0.3 is 9.26 Å². The molecule has 0 N–H and O–H groups in total. The van der Waals surface area contributed by atoms with Crippen molar-refractivity contribution in [1.82, 2.24) is 5.16 Å². The van der Waals surface area contributed by atoms with Crippen molar-refractivity contribution in [1.29, 1.82) is 0 Å². The van der Waals surface area contributed by atoms with Gasteiger partial charge >= 0.3 is 5.97 Å². The zero-order valence-electron chi connectivity index (χ0n) is 11.5. The van der Waals surface area contributed by atoms with Gasteiger partial charge in [-0.15, -0.1) is 0 Å². The van der Waals surface area contributed by atoms with E-state index in [-0.39, 0.29) is 33.3 Å².